The first-order valence-electron chi connectivity index (χ1n) is 10.3. The first-order chi connectivity index (χ1) is 14.8. The van der Waals surface area contributed by atoms with E-state index in [1.807, 2.05) is 30.3 Å². The fourth-order valence-corrected chi connectivity index (χ4v) is 3.79. The molecule has 2 aromatic rings. The van der Waals surface area contributed by atoms with Gasteiger partial charge in [0.15, 0.2) is 0 Å². The van der Waals surface area contributed by atoms with Gasteiger partial charge in [0.2, 0.25) is 11.8 Å². The van der Waals surface area contributed by atoms with E-state index in [0.717, 1.165) is 11.1 Å². The summed E-state index contributed by atoms with van der Waals surface area (Å²) in [6, 6.07) is 12.9. The number of carbonyl (C=O) groups is 3. The van der Waals surface area contributed by atoms with Crippen LogP contribution in [-0.2, 0) is 27.2 Å². The topological polar surface area (TPSA) is 133 Å². The second kappa shape index (κ2) is 10.1. The van der Waals surface area contributed by atoms with Crippen LogP contribution in [0.2, 0.25) is 0 Å². The number of nitrogens with two attached hydrogens (primary N) is 1. The summed E-state index contributed by atoms with van der Waals surface area (Å²) >= 11 is 0. The molecule has 2 aromatic carbocycles. The zero-order valence-electron chi connectivity index (χ0n) is 17.1. The largest absolute Gasteiger partial charge is 0.508 e. The lowest BCUT2D eigenvalue weighted by atomic mass is 10.0. The lowest BCUT2D eigenvalue weighted by Crippen LogP contribution is -2.55. The number of hydrogen-bond acceptors (Lipinski definition) is 5. The molecule has 0 saturated carbocycles. The summed E-state index contributed by atoms with van der Waals surface area (Å²) in [5.41, 5.74) is 7.69. The highest BCUT2D eigenvalue weighted by Gasteiger charge is 2.38. The molecule has 5 N–H and O–H groups in total. The van der Waals surface area contributed by atoms with Gasteiger partial charge in [-0.3, -0.25) is 9.59 Å². The zero-order valence-corrected chi connectivity index (χ0v) is 17.1. The summed E-state index contributed by atoms with van der Waals surface area (Å²) in [5, 5.41) is 21.6. The highest BCUT2D eigenvalue weighted by Crippen LogP contribution is 2.20. The lowest BCUT2D eigenvalue weighted by Gasteiger charge is -2.28. The van der Waals surface area contributed by atoms with Crippen molar-refractivity contribution in [3.63, 3.8) is 0 Å². The lowest BCUT2D eigenvalue weighted by molar-refractivity contribution is -0.149. The Morgan fingerprint density at radius 3 is 2.32 bits per heavy atom. The number of carbonyl (C=O) groups excluding carboxylic acids is 2. The number of amides is 2. The average Bonchev–Trinajstić information content (AvgIpc) is 3.25. The summed E-state index contributed by atoms with van der Waals surface area (Å²) < 4.78 is 0. The number of nitrogens with one attached hydrogen (secondary N) is 1. The zero-order chi connectivity index (χ0) is 22.4. The van der Waals surface area contributed by atoms with Crippen LogP contribution in [-0.4, -0.2) is 57.6 Å². The van der Waals surface area contributed by atoms with Crippen molar-refractivity contribution in [2.75, 3.05) is 6.54 Å². The Morgan fingerprint density at radius 2 is 1.68 bits per heavy atom. The second-order valence-corrected chi connectivity index (χ2v) is 7.76. The van der Waals surface area contributed by atoms with Crippen LogP contribution >= 0.6 is 0 Å². The van der Waals surface area contributed by atoms with Crippen LogP contribution in [0.1, 0.15) is 24.0 Å². The van der Waals surface area contributed by atoms with Crippen molar-refractivity contribution >= 4 is 17.8 Å². The quantitative estimate of drug-likeness (QED) is 0.500. The molecule has 164 valence electrons. The number of rotatable bonds is 8. The maximum absolute atomic E-state index is 13.2. The fourth-order valence-electron chi connectivity index (χ4n) is 3.79. The SMILES string of the molecule is N[C@@H](Cc1ccc(O)cc1)C(=O)N[C@@H](Cc1ccccc1)C(=O)N1CCC[C@@H]1C(=O)O. The average molecular weight is 425 g/mol. The number of phenols is 1. The van der Waals surface area contributed by atoms with Gasteiger partial charge in [0.25, 0.3) is 0 Å². The molecule has 3 atom stereocenters. The highest BCUT2D eigenvalue weighted by atomic mass is 16.4. The van der Waals surface area contributed by atoms with E-state index < -0.39 is 35.9 Å². The Labute approximate surface area is 180 Å². The molecule has 8 nitrogen and oxygen atoms in total. The van der Waals surface area contributed by atoms with Crippen molar-refractivity contribution in [3.8, 4) is 5.75 Å². The molecule has 1 aliphatic heterocycles. The monoisotopic (exact) mass is 425 g/mol. The molecule has 1 heterocycles. The predicted octanol–water partition coefficient (Wildman–Crippen LogP) is 1.07. The number of aliphatic carboxylic acids is 1. The highest BCUT2D eigenvalue weighted by molar-refractivity contribution is 5.92. The van der Waals surface area contributed by atoms with Gasteiger partial charge in [0, 0.05) is 13.0 Å². The molecule has 0 aromatic heterocycles. The van der Waals surface area contributed by atoms with Crippen molar-refractivity contribution < 1.29 is 24.6 Å². The minimum absolute atomic E-state index is 0.119. The normalized spacial score (nSPS) is 17.7. The number of carboxylic acids is 1. The molecule has 0 bridgehead atoms. The molecule has 0 aliphatic carbocycles. The molecule has 8 heteroatoms. The number of benzene rings is 2. The van der Waals surface area contributed by atoms with Crippen LogP contribution in [0, 0.1) is 0 Å². The van der Waals surface area contributed by atoms with E-state index in [0.29, 0.717) is 19.4 Å². The van der Waals surface area contributed by atoms with E-state index in [-0.39, 0.29) is 18.6 Å². The predicted molar refractivity (Wildman–Crippen MR) is 114 cm³/mol. The van der Waals surface area contributed by atoms with Crippen LogP contribution < -0.4 is 11.1 Å². The molecule has 1 saturated heterocycles. The van der Waals surface area contributed by atoms with Crippen LogP contribution in [0.5, 0.6) is 5.75 Å². The van der Waals surface area contributed by atoms with Crippen molar-refractivity contribution in [1.82, 2.24) is 10.2 Å². The van der Waals surface area contributed by atoms with Gasteiger partial charge in [-0.15, -0.1) is 0 Å². The third kappa shape index (κ3) is 5.82. The number of carboxylic acid groups (broad SMARTS) is 1. The number of phenolic OH excluding ortho intramolecular Hbond substituents is 1. The van der Waals surface area contributed by atoms with E-state index in [1.165, 1.54) is 17.0 Å². The second-order valence-electron chi connectivity index (χ2n) is 7.76. The van der Waals surface area contributed by atoms with E-state index >= 15 is 0 Å². The Kier molecular flexibility index (Phi) is 7.25. The molecule has 31 heavy (non-hydrogen) atoms. The summed E-state index contributed by atoms with van der Waals surface area (Å²) in [5.74, 6) is -1.83. The van der Waals surface area contributed by atoms with E-state index in [4.69, 9.17) is 5.73 Å². The first-order valence-corrected chi connectivity index (χ1v) is 10.3. The Bertz CT molecular complexity index is 917. The summed E-state index contributed by atoms with van der Waals surface area (Å²) in [4.78, 5) is 38.8. The van der Waals surface area contributed by atoms with Gasteiger partial charge in [-0.2, -0.15) is 0 Å². The Morgan fingerprint density at radius 1 is 1.03 bits per heavy atom. The van der Waals surface area contributed by atoms with E-state index in [9.17, 15) is 24.6 Å². The van der Waals surface area contributed by atoms with Gasteiger partial charge in [-0.25, -0.2) is 4.79 Å². The molecule has 1 aliphatic rings. The van der Waals surface area contributed by atoms with Crippen molar-refractivity contribution in [2.45, 2.75) is 43.8 Å². The van der Waals surface area contributed by atoms with E-state index in [2.05, 4.69) is 5.32 Å². The van der Waals surface area contributed by atoms with Crippen LogP contribution in [0.15, 0.2) is 54.6 Å². The maximum atomic E-state index is 13.2. The molecular formula is C23H27N3O5. The smallest absolute Gasteiger partial charge is 0.326 e. The third-order valence-corrected chi connectivity index (χ3v) is 5.45. The fraction of sp³-hybridized carbons (Fsp3) is 0.348. The molecule has 3 rings (SSSR count). The van der Waals surface area contributed by atoms with Crippen LogP contribution in [0.3, 0.4) is 0 Å². The van der Waals surface area contributed by atoms with Gasteiger partial charge < -0.3 is 26.2 Å². The van der Waals surface area contributed by atoms with Crippen molar-refractivity contribution in [1.29, 1.82) is 0 Å². The number of aromatic hydroxyl groups is 1. The minimum Gasteiger partial charge on any atom is -0.508 e. The third-order valence-electron chi connectivity index (χ3n) is 5.45. The Hall–Kier alpha value is -3.39. The standard InChI is InChI=1S/C23H27N3O5/c24-18(13-16-8-10-17(27)11-9-16)21(28)25-19(14-15-5-2-1-3-6-15)22(29)26-12-4-7-20(26)23(30)31/h1-3,5-6,8-11,18-20,27H,4,7,12-14,24H2,(H,25,28)(H,30,31)/t18-,19-,20+/m0/s1. The number of likely N-dealkylation sites (tertiary alicyclic amines) is 1. The molecule has 0 spiro atoms. The van der Waals surface area contributed by atoms with Crippen LogP contribution in [0.4, 0.5) is 0 Å². The number of nitrogens with zero attached hydrogens (tertiary/aromatic N) is 1. The van der Waals surface area contributed by atoms with Gasteiger partial charge in [-0.05, 0) is 42.5 Å². The van der Waals surface area contributed by atoms with Gasteiger partial charge in [0.1, 0.15) is 17.8 Å². The molecule has 0 radical (unpaired) electrons. The Balaban J connectivity index is 1.73. The van der Waals surface area contributed by atoms with Crippen LogP contribution in [0.25, 0.3) is 0 Å². The van der Waals surface area contributed by atoms with Gasteiger partial charge >= 0.3 is 5.97 Å². The molecule has 1 fully saturated rings. The maximum Gasteiger partial charge on any atom is 0.326 e. The number of hydrogen-bond donors (Lipinski definition) is 4. The van der Waals surface area contributed by atoms with Gasteiger partial charge in [0.05, 0.1) is 6.04 Å². The molecule has 0 unspecified atom stereocenters. The summed E-state index contributed by atoms with van der Waals surface area (Å²) in [7, 11) is 0. The molecular weight excluding hydrogens is 398 g/mol. The van der Waals surface area contributed by atoms with Gasteiger partial charge in [-0.1, -0.05) is 42.5 Å². The summed E-state index contributed by atoms with van der Waals surface area (Å²) in [6.07, 6.45) is 1.47. The van der Waals surface area contributed by atoms with Crippen molar-refractivity contribution in [3.05, 3.63) is 65.7 Å². The van der Waals surface area contributed by atoms with Crippen molar-refractivity contribution in [2.24, 2.45) is 5.73 Å². The minimum atomic E-state index is -1.04. The van der Waals surface area contributed by atoms with E-state index in [1.54, 1.807) is 12.1 Å². The summed E-state index contributed by atoms with van der Waals surface area (Å²) in [6.45, 7) is 0.344. The molecule has 2 amide bonds. The first kappa shape index (κ1) is 22.3.